The lowest BCUT2D eigenvalue weighted by Crippen LogP contribution is -2.40. The molecule has 5 heteroatoms. The van der Waals surface area contributed by atoms with E-state index in [-0.39, 0.29) is 12.7 Å². The number of ether oxygens (including phenoxy) is 2. The number of hydrogen-bond donors (Lipinski definition) is 0. The van der Waals surface area contributed by atoms with Gasteiger partial charge in [0, 0.05) is 26.1 Å². The molecule has 0 atom stereocenters. The van der Waals surface area contributed by atoms with Crippen LogP contribution in [0.4, 0.5) is 4.79 Å². The molecule has 1 aromatic rings. The molecule has 1 aliphatic heterocycles. The van der Waals surface area contributed by atoms with Gasteiger partial charge in [0.2, 0.25) is 0 Å². The van der Waals surface area contributed by atoms with E-state index >= 15 is 0 Å². The van der Waals surface area contributed by atoms with Crippen molar-refractivity contribution in [1.29, 1.82) is 0 Å². The summed E-state index contributed by atoms with van der Waals surface area (Å²) >= 11 is 0. The first-order valence-corrected chi connectivity index (χ1v) is 5.36. The monoisotopic (exact) mass is 234 g/mol. The van der Waals surface area contributed by atoms with Crippen LogP contribution in [-0.2, 0) is 9.47 Å². The number of amides is 1. The van der Waals surface area contributed by atoms with Crippen LogP contribution in [0.25, 0.3) is 12.3 Å². The Morgan fingerprint density at radius 1 is 1.53 bits per heavy atom. The lowest BCUT2D eigenvalue weighted by molar-refractivity contribution is 0.0855. The highest BCUT2D eigenvalue weighted by molar-refractivity contribution is 5.74. The van der Waals surface area contributed by atoms with E-state index in [2.05, 4.69) is 4.98 Å². The third kappa shape index (κ3) is 2.82. The fourth-order valence-corrected chi connectivity index (χ4v) is 1.53. The van der Waals surface area contributed by atoms with Crippen LogP contribution in [0.2, 0.25) is 0 Å². The summed E-state index contributed by atoms with van der Waals surface area (Å²) < 4.78 is 9.83. The van der Waals surface area contributed by atoms with Crippen molar-refractivity contribution >= 4 is 18.4 Å². The second-order valence-electron chi connectivity index (χ2n) is 3.57. The normalized spacial score (nSPS) is 13.4. The van der Waals surface area contributed by atoms with Crippen LogP contribution in [0.3, 0.4) is 0 Å². The fraction of sp³-hybridized carbons (Fsp3) is 0.333. The number of nitrogens with zero attached hydrogens (tertiary/aromatic N) is 2. The van der Waals surface area contributed by atoms with Crippen molar-refractivity contribution in [3.63, 3.8) is 0 Å². The molecule has 0 saturated carbocycles. The van der Waals surface area contributed by atoms with E-state index in [1.54, 1.807) is 19.5 Å². The Bertz CT molecular complexity index is 513. The smallest absolute Gasteiger partial charge is 0.414 e. The molecule has 1 aliphatic rings. The highest BCUT2D eigenvalue weighted by Gasteiger charge is 2.13. The maximum atomic E-state index is 11.7. The Labute approximate surface area is 99.0 Å². The van der Waals surface area contributed by atoms with Crippen LogP contribution >= 0.6 is 0 Å². The second-order valence-corrected chi connectivity index (χ2v) is 3.57. The summed E-state index contributed by atoms with van der Waals surface area (Å²) in [6.45, 7) is 1.16. The Morgan fingerprint density at radius 3 is 3.24 bits per heavy atom. The molecule has 0 aliphatic carbocycles. The molecular weight excluding hydrogens is 220 g/mol. The van der Waals surface area contributed by atoms with Gasteiger partial charge in [-0.1, -0.05) is 12.1 Å². The number of aromatic nitrogens is 1. The van der Waals surface area contributed by atoms with Crippen molar-refractivity contribution in [2.75, 3.05) is 26.9 Å². The Kier molecular flexibility index (Phi) is 3.72. The van der Waals surface area contributed by atoms with Crippen molar-refractivity contribution in [3.8, 4) is 0 Å². The zero-order valence-corrected chi connectivity index (χ0v) is 9.63. The molecule has 1 amide bonds. The van der Waals surface area contributed by atoms with Gasteiger partial charge in [-0.25, -0.2) is 4.79 Å². The van der Waals surface area contributed by atoms with E-state index in [1.165, 1.54) is 4.90 Å². The molecule has 2 heterocycles. The first-order valence-electron chi connectivity index (χ1n) is 5.36. The van der Waals surface area contributed by atoms with Gasteiger partial charge in [0.15, 0.2) is 0 Å². The molecule has 0 bridgehead atoms. The predicted octanol–water partition coefficient (Wildman–Crippen LogP) is -0.301. The molecule has 1 aromatic heterocycles. The largest absolute Gasteiger partial charge is 0.447 e. The van der Waals surface area contributed by atoms with Crippen molar-refractivity contribution in [1.82, 2.24) is 9.88 Å². The van der Waals surface area contributed by atoms with E-state index in [0.717, 1.165) is 10.6 Å². The third-order valence-electron chi connectivity index (χ3n) is 2.40. The van der Waals surface area contributed by atoms with Gasteiger partial charge in [-0.05, 0) is 11.3 Å². The van der Waals surface area contributed by atoms with E-state index in [1.807, 2.05) is 18.2 Å². The molecule has 0 N–H and O–H groups in total. The highest BCUT2D eigenvalue weighted by atomic mass is 16.6. The molecule has 90 valence electrons. The summed E-state index contributed by atoms with van der Waals surface area (Å²) in [5.74, 6) is 0. The Morgan fingerprint density at radius 2 is 2.41 bits per heavy atom. The van der Waals surface area contributed by atoms with Crippen molar-refractivity contribution in [3.05, 3.63) is 28.9 Å². The SMILES string of the molecule is COCCOC(=O)N1C=c2ncccc2=CC1. The molecule has 2 rings (SSSR count). The summed E-state index contributed by atoms with van der Waals surface area (Å²) in [5.41, 5.74) is 0. The lowest BCUT2D eigenvalue weighted by Gasteiger charge is -2.18. The molecule has 0 unspecified atom stereocenters. The van der Waals surface area contributed by atoms with E-state index < -0.39 is 0 Å². The van der Waals surface area contributed by atoms with Gasteiger partial charge in [-0.2, -0.15) is 0 Å². The third-order valence-corrected chi connectivity index (χ3v) is 2.40. The molecule has 0 saturated heterocycles. The van der Waals surface area contributed by atoms with Crippen LogP contribution in [0.15, 0.2) is 18.3 Å². The van der Waals surface area contributed by atoms with E-state index in [9.17, 15) is 4.79 Å². The van der Waals surface area contributed by atoms with Gasteiger partial charge < -0.3 is 9.47 Å². The van der Waals surface area contributed by atoms with Crippen LogP contribution in [0.5, 0.6) is 0 Å². The topological polar surface area (TPSA) is 51.7 Å². The number of carbonyl (C=O) groups excluding carboxylic acids is 1. The van der Waals surface area contributed by atoms with Crippen molar-refractivity contribution < 1.29 is 14.3 Å². The first kappa shape index (κ1) is 11.6. The molecule has 0 fully saturated rings. The number of fused-ring (bicyclic) bond motifs is 1. The minimum atomic E-state index is -0.380. The maximum Gasteiger partial charge on any atom is 0.414 e. The zero-order chi connectivity index (χ0) is 12.1. The fourth-order valence-electron chi connectivity index (χ4n) is 1.53. The summed E-state index contributed by atoms with van der Waals surface area (Å²) in [7, 11) is 1.56. The number of methoxy groups -OCH3 is 1. The predicted molar refractivity (Wildman–Crippen MR) is 62.3 cm³/mol. The zero-order valence-electron chi connectivity index (χ0n) is 9.63. The number of carbonyl (C=O) groups is 1. The number of hydrogen-bond acceptors (Lipinski definition) is 4. The minimum absolute atomic E-state index is 0.259. The average molecular weight is 234 g/mol. The molecular formula is C12H14N2O3. The molecule has 0 spiro atoms. The summed E-state index contributed by atoms with van der Waals surface area (Å²) in [4.78, 5) is 17.3. The summed E-state index contributed by atoms with van der Waals surface area (Å²) in [5, 5.41) is 1.82. The van der Waals surface area contributed by atoms with Crippen LogP contribution in [0, 0.1) is 0 Å². The van der Waals surface area contributed by atoms with Gasteiger partial charge in [0.1, 0.15) is 6.61 Å². The van der Waals surface area contributed by atoms with Gasteiger partial charge in [-0.15, -0.1) is 0 Å². The van der Waals surface area contributed by atoms with E-state index in [0.29, 0.717) is 13.2 Å². The quantitative estimate of drug-likeness (QED) is 0.674. The maximum absolute atomic E-state index is 11.7. The molecule has 17 heavy (non-hydrogen) atoms. The first-order chi connectivity index (χ1) is 8.31. The van der Waals surface area contributed by atoms with Gasteiger partial charge in [0.05, 0.1) is 12.0 Å². The summed E-state index contributed by atoms with van der Waals surface area (Å²) in [6.07, 6.45) is 4.96. The molecule has 5 nitrogen and oxygen atoms in total. The Hall–Kier alpha value is -1.88. The van der Waals surface area contributed by atoms with Gasteiger partial charge in [0.25, 0.3) is 0 Å². The lowest BCUT2D eigenvalue weighted by atomic mass is 10.3. The standard InChI is InChI=1S/C12H14N2O3/c1-16-7-8-17-12(15)14-6-4-10-3-2-5-13-11(10)9-14/h2-5,9H,6-8H2,1H3. The minimum Gasteiger partial charge on any atom is -0.447 e. The number of pyridine rings is 1. The summed E-state index contributed by atoms with van der Waals surface area (Å²) in [6, 6.07) is 3.84. The van der Waals surface area contributed by atoms with Gasteiger partial charge in [-0.3, -0.25) is 9.88 Å². The van der Waals surface area contributed by atoms with Crippen LogP contribution in [0.1, 0.15) is 0 Å². The number of rotatable bonds is 3. The van der Waals surface area contributed by atoms with Crippen molar-refractivity contribution in [2.45, 2.75) is 0 Å². The average Bonchev–Trinajstić information content (AvgIpc) is 2.38. The van der Waals surface area contributed by atoms with E-state index in [4.69, 9.17) is 9.47 Å². The van der Waals surface area contributed by atoms with Crippen LogP contribution < -0.4 is 10.6 Å². The van der Waals surface area contributed by atoms with Crippen molar-refractivity contribution in [2.24, 2.45) is 0 Å². The highest BCUT2D eigenvalue weighted by Crippen LogP contribution is 1.97. The Balaban J connectivity index is 2.06. The van der Waals surface area contributed by atoms with Gasteiger partial charge >= 0.3 is 6.09 Å². The second kappa shape index (κ2) is 5.45. The van der Waals surface area contributed by atoms with Crippen LogP contribution in [-0.4, -0.2) is 42.8 Å². The molecule has 0 aromatic carbocycles. The molecule has 0 radical (unpaired) electrons.